The van der Waals surface area contributed by atoms with Gasteiger partial charge in [0.1, 0.15) is 11.5 Å². The Bertz CT molecular complexity index is 1140. The third kappa shape index (κ3) is 3.57. The zero-order valence-corrected chi connectivity index (χ0v) is 15.8. The number of thiazole rings is 1. The summed E-state index contributed by atoms with van der Waals surface area (Å²) in [4.78, 5) is 24.3. The molecule has 3 aromatic heterocycles. The van der Waals surface area contributed by atoms with Gasteiger partial charge in [0, 0.05) is 29.9 Å². The number of benzene rings is 1. The number of aromatic nitrogens is 3. The summed E-state index contributed by atoms with van der Waals surface area (Å²) in [5.74, 6) is -0.460. The fraction of sp³-hybridized carbons (Fsp3) is 0.0952. The first-order chi connectivity index (χ1) is 13.7. The Balaban J connectivity index is 1.67. The molecule has 3 heterocycles. The summed E-state index contributed by atoms with van der Waals surface area (Å²) in [5, 5.41) is 1.79. The van der Waals surface area contributed by atoms with Crippen molar-refractivity contribution in [3.05, 3.63) is 90.1 Å². The minimum absolute atomic E-state index is 0.139. The van der Waals surface area contributed by atoms with Crippen LogP contribution in [0.5, 0.6) is 0 Å². The Labute approximate surface area is 165 Å². The van der Waals surface area contributed by atoms with Gasteiger partial charge in [-0.05, 0) is 24.3 Å². The summed E-state index contributed by atoms with van der Waals surface area (Å²) in [5.41, 5.74) is 2.61. The molecule has 1 aromatic carbocycles. The number of fused-ring (bicyclic) bond motifs is 1. The maximum Gasteiger partial charge on any atom is 0.272 e. The Kier molecular flexibility index (Phi) is 4.99. The molecule has 0 bridgehead atoms. The maximum atomic E-state index is 13.5. The van der Waals surface area contributed by atoms with Crippen LogP contribution in [0.2, 0.25) is 0 Å². The molecule has 1 amide bonds. The Morgan fingerprint density at radius 1 is 1.29 bits per heavy atom. The van der Waals surface area contributed by atoms with Gasteiger partial charge < -0.3 is 4.90 Å². The van der Waals surface area contributed by atoms with Gasteiger partial charge in [0.05, 0.1) is 17.9 Å². The summed E-state index contributed by atoms with van der Waals surface area (Å²) >= 11 is 1.37. The topological polar surface area (TPSA) is 50.5 Å². The normalized spacial score (nSPS) is 10.9. The van der Waals surface area contributed by atoms with E-state index in [0.29, 0.717) is 35.0 Å². The zero-order chi connectivity index (χ0) is 19.5. The minimum Gasteiger partial charge on any atom is -0.328 e. The van der Waals surface area contributed by atoms with Crippen LogP contribution in [0.1, 0.15) is 16.2 Å². The highest BCUT2D eigenvalue weighted by Crippen LogP contribution is 2.25. The van der Waals surface area contributed by atoms with E-state index in [0.717, 1.165) is 5.69 Å². The predicted molar refractivity (Wildman–Crippen MR) is 108 cm³/mol. The molecule has 4 rings (SSSR count). The third-order valence-electron chi connectivity index (χ3n) is 4.26. The lowest BCUT2D eigenvalue weighted by molar-refractivity contribution is 0.0754. The second kappa shape index (κ2) is 7.74. The molecule has 0 atom stereocenters. The van der Waals surface area contributed by atoms with E-state index in [1.54, 1.807) is 45.3 Å². The van der Waals surface area contributed by atoms with E-state index < -0.39 is 0 Å². The van der Waals surface area contributed by atoms with Crippen LogP contribution < -0.4 is 0 Å². The van der Waals surface area contributed by atoms with Crippen LogP contribution in [-0.4, -0.2) is 31.7 Å². The number of hydrogen-bond acceptors (Lipinski definition) is 4. The standard InChI is InChI=1S/C21H17FN4OS/c1-2-10-25(12-17-8-3-4-9-23-17)20(27)19-14-28-21-24-18(13-26(19)21)15-6-5-7-16(22)11-15/h2-9,11,13-14H,1,10,12H2. The summed E-state index contributed by atoms with van der Waals surface area (Å²) in [7, 11) is 0. The number of carbonyl (C=O) groups excluding carboxylic acids is 1. The van der Waals surface area contributed by atoms with Crippen molar-refractivity contribution < 1.29 is 9.18 Å². The van der Waals surface area contributed by atoms with E-state index in [2.05, 4.69) is 16.5 Å². The molecule has 4 aromatic rings. The fourth-order valence-corrected chi connectivity index (χ4v) is 3.80. The van der Waals surface area contributed by atoms with Gasteiger partial charge in [-0.25, -0.2) is 9.37 Å². The summed E-state index contributed by atoms with van der Waals surface area (Å²) in [6.45, 7) is 4.54. The average Bonchev–Trinajstić information content (AvgIpc) is 3.29. The Hall–Kier alpha value is -3.32. The van der Waals surface area contributed by atoms with E-state index >= 15 is 0 Å². The molecular weight excluding hydrogens is 375 g/mol. The van der Waals surface area contributed by atoms with Crippen LogP contribution in [0.15, 0.2) is 72.9 Å². The van der Waals surface area contributed by atoms with E-state index in [-0.39, 0.29) is 11.7 Å². The lowest BCUT2D eigenvalue weighted by Gasteiger charge is -2.20. The summed E-state index contributed by atoms with van der Waals surface area (Å²) in [6, 6.07) is 11.9. The second-order valence-corrected chi connectivity index (χ2v) is 7.04. The minimum atomic E-state index is -0.322. The zero-order valence-electron chi connectivity index (χ0n) is 15.0. The van der Waals surface area contributed by atoms with Crippen molar-refractivity contribution in [2.75, 3.05) is 6.54 Å². The van der Waals surface area contributed by atoms with Gasteiger partial charge in [-0.1, -0.05) is 24.3 Å². The van der Waals surface area contributed by atoms with Crippen LogP contribution in [0.25, 0.3) is 16.2 Å². The first kappa shape index (κ1) is 18.1. The Morgan fingerprint density at radius 2 is 2.18 bits per heavy atom. The van der Waals surface area contributed by atoms with E-state index in [4.69, 9.17) is 0 Å². The van der Waals surface area contributed by atoms with Crippen LogP contribution in [0.4, 0.5) is 4.39 Å². The lowest BCUT2D eigenvalue weighted by Crippen LogP contribution is -2.31. The first-order valence-electron chi connectivity index (χ1n) is 8.68. The highest BCUT2D eigenvalue weighted by Gasteiger charge is 2.21. The maximum absolute atomic E-state index is 13.5. The van der Waals surface area contributed by atoms with Gasteiger partial charge in [0.2, 0.25) is 0 Å². The molecule has 0 saturated heterocycles. The molecule has 0 saturated carbocycles. The van der Waals surface area contributed by atoms with Gasteiger partial charge in [-0.3, -0.25) is 14.2 Å². The summed E-state index contributed by atoms with van der Waals surface area (Å²) in [6.07, 6.45) is 5.16. The van der Waals surface area contributed by atoms with Crippen molar-refractivity contribution in [1.29, 1.82) is 0 Å². The largest absolute Gasteiger partial charge is 0.328 e. The fourth-order valence-electron chi connectivity index (χ4n) is 2.95. The van der Waals surface area contributed by atoms with Crippen molar-refractivity contribution in [3.63, 3.8) is 0 Å². The van der Waals surface area contributed by atoms with E-state index in [1.165, 1.54) is 23.5 Å². The van der Waals surface area contributed by atoms with Crippen molar-refractivity contribution >= 4 is 22.2 Å². The van der Waals surface area contributed by atoms with E-state index in [9.17, 15) is 9.18 Å². The van der Waals surface area contributed by atoms with Crippen LogP contribution in [0.3, 0.4) is 0 Å². The smallest absolute Gasteiger partial charge is 0.272 e. The van der Waals surface area contributed by atoms with Crippen LogP contribution >= 0.6 is 11.3 Å². The van der Waals surface area contributed by atoms with E-state index in [1.807, 2.05) is 18.2 Å². The number of rotatable bonds is 6. The number of halogens is 1. The quantitative estimate of drug-likeness (QED) is 0.456. The van der Waals surface area contributed by atoms with Gasteiger partial charge in [0.15, 0.2) is 4.96 Å². The molecule has 0 aliphatic rings. The molecule has 140 valence electrons. The highest BCUT2D eigenvalue weighted by molar-refractivity contribution is 7.15. The number of carbonyl (C=O) groups is 1. The highest BCUT2D eigenvalue weighted by atomic mass is 32.1. The molecular formula is C21H17FN4OS. The number of pyridine rings is 1. The number of nitrogens with zero attached hydrogens (tertiary/aromatic N) is 4. The average molecular weight is 392 g/mol. The molecule has 7 heteroatoms. The van der Waals surface area contributed by atoms with Crippen LogP contribution in [-0.2, 0) is 6.54 Å². The van der Waals surface area contributed by atoms with Crippen molar-refractivity contribution in [2.24, 2.45) is 0 Å². The first-order valence-corrected chi connectivity index (χ1v) is 9.56. The molecule has 0 N–H and O–H groups in total. The lowest BCUT2D eigenvalue weighted by atomic mass is 10.2. The molecule has 0 unspecified atom stereocenters. The second-order valence-electron chi connectivity index (χ2n) is 6.21. The SMILES string of the molecule is C=CCN(Cc1ccccn1)C(=O)c1csc2nc(-c3cccc(F)c3)cn12. The van der Waals surface area contributed by atoms with Gasteiger partial charge in [0.25, 0.3) is 5.91 Å². The predicted octanol–water partition coefficient (Wildman–Crippen LogP) is 4.43. The molecule has 0 radical (unpaired) electrons. The number of amides is 1. The van der Waals surface area contributed by atoms with Crippen molar-refractivity contribution in [2.45, 2.75) is 6.54 Å². The number of hydrogen-bond donors (Lipinski definition) is 0. The molecule has 28 heavy (non-hydrogen) atoms. The van der Waals surface area contributed by atoms with Gasteiger partial charge >= 0.3 is 0 Å². The molecule has 0 aliphatic carbocycles. The molecule has 0 spiro atoms. The van der Waals surface area contributed by atoms with Crippen LogP contribution in [0, 0.1) is 5.82 Å². The van der Waals surface area contributed by atoms with Crippen molar-refractivity contribution in [3.8, 4) is 11.3 Å². The van der Waals surface area contributed by atoms with Crippen molar-refractivity contribution in [1.82, 2.24) is 19.3 Å². The molecule has 5 nitrogen and oxygen atoms in total. The summed E-state index contributed by atoms with van der Waals surface area (Å²) < 4.78 is 15.3. The van der Waals surface area contributed by atoms with Gasteiger partial charge in [-0.15, -0.1) is 17.9 Å². The Morgan fingerprint density at radius 3 is 2.93 bits per heavy atom. The van der Waals surface area contributed by atoms with Gasteiger partial charge in [-0.2, -0.15) is 0 Å². The number of imidazole rings is 1. The third-order valence-corrected chi connectivity index (χ3v) is 5.10. The monoisotopic (exact) mass is 392 g/mol. The molecule has 0 fully saturated rings. The molecule has 0 aliphatic heterocycles.